The molecule has 1 aliphatic heterocycles. The van der Waals surface area contributed by atoms with Crippen LogP contribution < -0.4 is 10.6 Å². The molecule has 1 aliphatic rings. The van der Waals surface area contributed by atoms with Gasteiger partial charge in [-0.3, -0.25) is 9.69 Å². The van der Waals surface area contributed by atoms with Crippen molar-refractivity contribution in [2.24, 2.45) is 5.92 Å². The zero-order valence-electron chi connectivity index (χ0n) is 14.1. The molecule has 0 bridgehead atoms. The quantitative estimate of drug-likeness (QED) is 0.727. The average Bonchev–Trinajstić information content (AvgIpc) is 2.60. The molecule has 1 atom stereocenters. The van der Waals surface area contributed by atoms with E-state index in [4.69, 9.17) is 5.73 Å². The molecule has 1 heterocycles. The summed E-state index contributed by atoms with van der Waals surface area (Å²) in [5.41, 5.74) is 8.23. The first-order valence-electron chi connectivity index (χ1n) is 8.31. The molecule has 2 amide bonds. The zero-order valence-corrected chi connectivity index (χ0v) is 15.7. The van der Waals surface area contributed by atoms with E-state index >= 15 is 0 Å². The Morgan fingerprint density at radius 2 is 1.85 bits per heavy atom. The van der Waals surface area contributed by atoms with Gasteiger partial charge in [0.1, 0.15) is 0 Å². The number of carboxylic acids is 1. The molecular weight excluding hydrogens is 398 g/mol. The number of carboxylic acid groups (broad SMARTS) is 1. The first-order valence-corrected chi connectivity index (χ1v) is 9.10. The number of aliphatic carboxylic acids is 1. The van der Waals surface area contributed by atoms with Crippen molar-refractivity contribution in [1.29, 1.82) is 0 Å². The second-order valence-corrected chi connectivity index (χ2v) is 7.33. The highest BCUT2D eigenvalue weighted by atomic mass is 79.9. The summed E-state index contributed by atoms with van der Waals surface area (Å²) in [6.45, 7) is 1.13. The molecule has 3 rings (SSSR count). The van der Waals surface area contributed by atoms with E-state index in [9.17, 15) is 14.7 Å². The maximum Gasteiger partial charge on any atom is 0.324 e. The summed E-state index contributed by atoms with van der Waals surface area (Å²) in [7, 11) is 0. The molecule has 7 heteroatoms. The molecule has 26 heavy (non-hydrogen) atoms. The minimum atomic E-state index is -0.862. The van der Waals surface area contributed by atoms with Crippen molar-refractivity contribution in [2.45, 2.75) is 13.0 Å². The number of anilines is 2. The SMILES string of the molecule is Nc1ccccc1CN1CC(CC(=O)O)CN(c2ccc(Br)cc2)C1=O. The number of amides is 2. The normalized spacial score (nSPS) is 17.4. The Hall–Kier alpha value is -2.54. The van der Waals surface area contributed by atoms with Gasteiger partial charge in [-0.2, -0.15) is 0 Å². The van der Waals surface area contributed by atoms with Crippen molar-refractivity contribution < 1.29 is 14.7 Å². The van der Waals surface area contributed by atoms with Gasteiger partial charge in [0.2, 0.25) is 0 Å². The number of hydrogen-bond donors (Lipinski definition) is 2. The molecule has 0 aliphatic carbocycles. The minimum absolute atomic E-state index is 0.0150. The van der Waals surface area contributed by atoms with Gasteiger partial charge in [0, 0.05) is 41.4 Å². The summed E-state index contributed by atoms with van der Waals surface area (Å²) < 4.78 is 0.918. The standard InChI is InChI=1S/C19H20BrN3O3/c20-15-5-7-16(8-6-15)23-11-13(9-18(24)25)10-22(19(23)26)12-14-3-1-2-4-17(14)21/h1-8,13H,9-12,21H2,(H,24,25). The fraction of sp³-hybridized carbons (Fsp3) is 0.263. The van der Waals surface area contributed by atoms with E-state index in [1.807, 2.05) is 42.5 Å². The van der Waals surface area contributed by atoms with E-state index in [2.05, 4.69) is 15.9 Å². The van der Waals surface area contributed by atoms with E-state index in [-0.39, 0.29) is 18.4 Å². The van der Waals surface area contributed by atoms with Crippen molar-refractivity contribution >= 4 is 39.3 Å². The van der Waals surface area contributed by atoms with Crippen LogP contribution >= 0.6 is 15.9 Å². The van der Waals surface area contributed by atoms with Gasteiger partial charge in [-0.15, -0.1) is 0 Å². The van der Waals surface area contributed by atoms with E-state index < -0.39 is 5.97 Å². The summed E-state index contributed by atoms with van der Waals surface area (Å²) in [4.78, 5) is 27.5. The molecule has 1 saturated heterocycles. The predicted molar refractivity (Wildman–Crippen MR) is 104 cm³/mol. The van der Waals surface area contributed by atoms with Crippen molar-refractivity contribution in [1.82, 2.24) is 4.90 Å². The van der Waals surface area contributed by atoms with Gasteiger partial charge < -0.3 is 15.7 Å². The largest absolute Gasteiger partial charge is 0.481 e. The Kier molecular flexibility index (Phi) is 5.46. The molecule has 0 radical (unpaired) electrons. The van der Waals surface area contributed by atoms with E-state index in [0.29, 0.717) is 25.3 Å². The highest BCUT2D eigenvalue weighted by Gasteiger charge is 2.33. The first kappa shape index (κ1) is 18.3. The fourth-order valence-electron chi connectivity index (χ4n) is 3.18. The van der Waals surface area contributed by atoms with Crippen LogP contribution in [0.2, 0.25) is 0 Å². The molecule has 0 saturated carbocycles. The van der Waals surface area contributed by atoms with Crippen LogP contribution in [0.25, 0.3) is 0 Å². The van der Waals surface area contributed by atoms with E-state index in [1.165, 1.54) is 0 Å². The van der Waals surface area contributed by atoms with Gasteiger partial charge >= 0.3 is 12.0 Å². The van der Waals surface area contributed by atoms with Crippen LogP contribution in [0.15, 0.2) is 53.0 Å². The van der Waals surface area contributed by atoms with Gasteiger partial charge in [-0.25, -0.2) is 4.79 Å². The van der Waals surface area contributed by atoms with Crippen LogP contribution in [0.5, 0.6) is 0 Å². The number of rotatable bonds is 5. The molecule has 2 aromatic rings. The third kappa shape index (κ3) is 4.16. The second-order valence-electron chi connectivity index (χ2n) is 6.41. The Bertz CT molecular complexity index is 810. The number of nitrogens with two attached hydrogens (primary N) is 1. The van der Waals surface area contributed by atoms with Crippen molar-refractivity contribution in [3.05, 3.63) is 58.6 Å². The van der Waals surface area contributed by atoms with Gasteiger partial charge in [0.25, 0.3) is 0 Å². The molecule has 136 valence electrons. The highest BCUT2D eigenvalue weighted by Crippen LogP contribution is 2.27. The summed E-state index contributed by atoms with van der Waals surface area (Å²) in [5.74, 6) is -1.02. The highest BCUT2D eigenvalue weighted by molar-refractivity contribution is 9.10. The number of hydrogen-bond acceptors (Lipinski definition) is 3. The Morgan fingerprint density at radius 3 is 2.50 bits per heavy atom. The maximum absolute atomic E-state index is 13.0. The van der Waals surface area contributed by atoms with Crippen molar-refractivity contribution in [3.8, 4) is 0 Å². The lowest BCUT2D eigenvalue weighted by molar-refractivity contribution is -0.138. The molecular formula is C19H20BrN3O3. The summed E-state index contributed by atoms with van der Waals surface area (Å²) in [6, 6.07) is 14.7. The van der Waals surface area contributed by atoms with Crippen LogP contribution in [0.3, 0.4) is 0 Å². The van der Waals surface area contributed by atoms with E-state index in [0.717, 1.165) is 15.7 Å². The van der Waals surface area contributed by atoms with Crippen molar-refractivity contribution in [3.63, 3.8) is 0 Å². The zero-order chi connectivity index (χ0) is 18.7. The van der Waals surface area contributed by atoms with E-state index in [1.54, 1.807) is 15.9 Å². The van der Waals surface area contributed by atoms with Gasteiger partial charge in [-0.1, -0.05) is 34.1 Å². The number of carbonyl (C=O) groups is 2. The van der Waals surface area contributed by atoms with Gasteiger partial charge in [-0.05, 0) is 35.9 Å². The number of urea groups is 1. The fourth-order valence-corrected chi connectivity index (χ4v) is 3.45. The van der Waals surface area contributed by atoms with Gasteiger partial charge in [0.15, 0.2) is 0 Å². The third-order valence-corrected chi connectivity index (χ3v) is 4.97. The molecule has 0 aromatic heterocycles. The number of para-hydroxylation sites is 1. The Labute approximate surface area is 160 Å². The number of nitrogen functional groups attached to an aromatic ring is 1. The van der Waals surface area contributed by atoms with Crippen molar-refractivity contribution in [2.75, 3.05) is 23.7 Å². The lowest BCUT2D eigenvalue weighted by Gasteiger charge is -2.40. The van der Waals surface area contributed by atoms with Crippen LogP contribution in [0.4, 0.5) is 16.2 Å². The Morgan fingerprint density at radius 1 is 1.15 bits per heavy atom. The number of halogens is 1. The molecule has 0 spiro atoms. The Balaban J connectivity index is 1.87. The lowest BCUT2D eigenvalue weighted by atomic mass is 10.0. The third-order valence-electron chi connectivity index (χ3n) is 4.44. The smallest absolute Gasteiger partial charge is 0.324 e. The topological polar surface area (TPSA) is 86.9 Å². The minimum Gasteiger partial charge on any atom is -0.481 e. The number of benzene rings is 2. The number of carbonyl (C=O) groups excluding carboxylic acids is 1. The van der Waals surface area contributed by atoms with Crippen LogP contribution in [0.1, 0.15) is 12.0 Å². The summed E-state index contributed by atoms with van der Waals surface area (Å²) >= 11 is 3.39. The number of nitrogens with zero attached hydrogens (tertiary/aromatic N) is 2. The maximum atomic E-state index is 13.0. The lowest BCUT2D eigenvalue weighted by Crippen LogP contribution is -2.53. The molecule has 1 fully saturated rings. The second kappa shape index (κ2) is 7.78. The van der Waals surface area contributed by atoms with Crippen LogP contribution in [-0.4, -0.2) is 35.1 Å². The summed E-state index contributed by atoms with van der Waals surface area (Å²) in [5, 5.41) is 9.20. The van der Waals surface area contributed by atoms with Crippen LogP contribution in [0, 0.1) is 5.92 Å². The molecule has 2 aromatic carbocycles. The monoisotopic (exact) mass is 417 g/mol. The molecule has 1 unspecified atom stereocenters. The first-order chi connectivity index (χ1) is 12.4. The predicted octanol–water partition coefficient (Wildman–Crippen LogP) is 3.56. The van der Waals surface area contributed by atoms with Crippen LogP contribution in [-0.2, 0) is 11.3 Å². The molecule has 6 nitrogen and oxygen atoms in total. The molecule has 3 N–H and O–H groups in total. The average molecular weight is 418 g/mol. The van der Waals surface area contributed by atoms with Gasteiger partial charge in [0.05, 0.1) is 6.42 Å². The summed E-state index contributed by atoms with van der Waals surface area (Å²) in [6.07, 6.45) is 0.0150.